The van der Waals surface area contributed by atoms with Crippen molar-refractivity contribution in [3.63, 3.8) is 0 Å². The molecule has 0 aliphatic carbocycles. The molecule has 3 nitrogen and oxygen atoms in total. The Balaban J connectivity index is -0.00000180. The Kier molecular flexibility index (Phi) is 6.23. The fourth-order valence-electron chi connectivity index (χ4n) is 0.628. The number of hydrogen-bond acceptors (Lipinski definition) is 2. The zero-order valence-corrected chi connectivity index (χ0v) is 9.42. The Bertz CT molecular complexity index is 394. The molecule has 0 aromatic heterocycles. The summed E-state index contributed by atoms with van der Waals surface area (Å²) in [5.41, 5.74) is 0. The number of rotatable bonds is 4. The summed E-state index contributed by atoms with van der Waals surface area (Å²) in [6.07, 6.45) is -21.1. The predicted octanol–water partition coefficient (Wildman–Crippen LogP) is 0.223. The van der Waals surface area contributed by atoms with Gasteiger partial charge in [-0.3, -0.25) is 4.74 Å². The third-order valence-electron chi connectivity index (χ3n) is 1.63. The van der Waals surface area contributed by atoms with E-state index in [0.717, 1.165) is 0 Å². The smallest absolute Gasteiger partial charge is 1.00 e. The number of carbonyl (C=O) groups is 1. The van der Waals surface area contributed by atoms with Crippen molar-refractivity contribution in [2.24, 2.45) is 0 Å². The van der Waals surface area contributed by atoms with E-state index in [4.69, 9.17) is 5.11 Å². The first-order valence-corrected chi connectivity index (χ1v) is 3.91. The maximum absolute atomic E-state index is 12.7. The molecule has 0 aromatic carbocycles. The van der Waals surface area contributed by atoms with Crippen LogP contribution < -0.4 is 18.9 Å². The van der Waals surface area contributed by atoms with Crippen LogP contribution >= 0.6 is 0 Å². The molecule has 0 heterocycles. The van der Waals surface area contributed by atoms with E-state index in [1.807, 2.05) is 0 Å². The van der Waals surface area contributed by atoms with Crippen LogP contribution in [-0.4, -0.2) is 41.3 Å². The molecule has 0 rings (SSSR count). The second-order valence-electron chi connectivity index (χ2n) is 3.09. The summed E-state index contributed by atoms with van der Waals surface area (Å²) in [5, 5.41) is 7.72. The first-order valence-electron chi connectivity index (χ1n) is 3.91. The number of carboxylic acids is 1. The van der Waals surface area contributed by atoms with Crippen LogP contribution in [0.3, 0.4) is 0 Å². The Hall–Kier alpha value is -0.743. The van der Waals surface area contributed by atoms with Crippen molar-refractivity contribution in [3.8, 4) is 0 Å². The minimum atomic E-state index is -7.27. The molecule has 1 N–H and O–H groups in total. The van der Waals surface area contributed by atoms with Gasteiger partial charge in [0.2, 0.25) is 0 Å². The standard InChI is InChI=1S/C6HF11O3.Li.H/c7-2(1(18)19,4(10,11)12)20-6(16,17)3(8,9)5(13,14)15;;/h(H,18,19);;/q;+1;-1. The number of carboxylic acid groups (broad SMARTS) is 1. The molecule has 0 aliphatic heterocycles. The summed E-state index contributed by atoms with van der Waals surface area (Å²) in [7, 11) is 0. The quantitative estimate of drug-likeness (QED) is 0.590. The maximum Gasteiger partial charge on any atom is 1.00 e. The average molecular weight is 338 g/mol. The number of hydrogen-bond donors (Lipinski definition) is 1. The van der Waals surface area contributed by atoms with Crippen LogP contribution in [-0.2, 0) is 9.53 Å². The van der Waals surface area contributed by atoms with Gasteiger partial charge in [0.15, 0.2) is 0 Å². The van der Waals surface area contributed by atoms with Gasteiger partial charge in [0.25, 0.3) is 0 Å². The number of alkyl halides is 11. The normalized spacial score (nSPS) is 16.9. The molecule has 1 unspecified atom stereocenters. The van der Waals surface area contributed by atoms with Crippen molar-refractivity contribution in [3.05, 3.63) is 0 Å². The van der Waals surface area contributed by atoms with Crippen molar-refractivity contribution in [1.29, 1.82) is 0 Å². The Morgan fingerprint density at radius 3 is 1.33 bits per heavy atom. The SMILES string of the molecule is O=C(O)C(F)(OC(F)(F)C(F)(F)C(F)(F)F)C(F)(F)F.[H-].[Li+]. The van der Waals surface area contributed by atoms with Crippen LogP contribution in [0.15, 0.2) is 0 Å². The van der Waals surface area contributed by atoms with Gasteiger partial charge in [-0.05, 0) is 0 Å². The molecule has 21 heavy (non-hydrogen) atoms. The van der Waals surface area contributed by atoms with Gasteiger partial charge in [-0.2, -0.15) is 48.3 Å². The fourth-order valence-corrected chi connectivity index (χ4v) is 0.628. The van der Waals surface area contributed by atoms with Crippen LogP contribution in [0.25, 0.3) is 0 Å². The summed E-state index contributed by atoms with van der Waals surface area (Å²) in [4.78, 5) is 9.84. The molecular formula is C6H2F11LiO3. The summed E-state index contributed by atoms with van der Waals surface area (Å²) in [5.74, 6) is -17.6. The molecule has 0 bridgehead atoms. The molecule has 0 amide bonds. The van der Waals surface area contributed by atoms with Gasteiger partial charge in [0, 0.05) is 0 Å². The number of aliphatic carboxylic acids is 1. The summed E-state index contributed by atoms with van der Waals surface area (Å²) >= 11 is 0. The van der Waals surface area contributed by atoms with Crippen LogP contribution in [0.2, 0.25) is 0 Å². The molecule has 122 valence electrons. The van der Waals surface area contributed by atoms with Gasteiger partial charge >= 0.3 is 55.1 Å². The largest absolute Gasteiger partial charge is 1.00 e. The van der Waals surface area contributed by atoms with E-state index in [9.17, 15) is 53.1 Å². The molecule has 0 saturated carbocycles. The monoisotopic (exact) mass is 338 g/mol. The first kappa shape index (κ1) is 22.5. The van der Waals surface area contributed by atoms with Crippen LogP contribution in [0.1, 0.15) is 1.43 Å². The van der Waals surface area contributed by atoms with Crippen molar-refractivity contribution in [2.45, 2.75) is 30.2 Å². The van der Waals surface area contributed by atoms with Gasteiger partial charge in [-0.1, -0.05) is 0 Å². The summed E-state index contributed by atoms with van der Waals surface area (Å²) < 4.78 is 134. The fraction of sp³-hybridized carbons (Fsp3) is 0.833. The molecule has 15 heteroatoms. The summed E-state index contributed by atoms with van der Waals surface area (Å²) in [6.45, 7) is 0. The van der Waals surface area contributed by atoms with Gasteiger partial charge in [0.1, 0.15) is 0 Å². The molecule has 0 aromatic rings. The predicted molar refractivity (Wildman–Crippen MR) is 35.7 cm³/mol. The van der Waals surface area contributed by atoms with Crippen LogP contribution in [0.5, 0.6) is 0 Å². The van der Waals surface area contributed by atoms with Gasteiger partial charge in [-0.15, -0.1) is 0 Å². The average Bonchev–Trinajstić information content (AvgIpc) is 2.12. The van der Waals surface area contributed by atoms with Crippen LogP contribution in [0.4, 0.5) is 48.3 Å². The minimum Gasteiger partial charge on any atom is -1.00 e. The third-order valence-corrected chi connectivity index (χ3v) is 1.63. The molecular weight excluding hydrogens is 336 g/mol. The second kappa shape index (κ2) is 5.80. The Morgan fingerprint density at radius 2 is 1.14 bits per heavy atom. The van der Waals surface area contributed by atoms with E-state index < -0.39 is 36.2 Å². The molecule has 0 saturated heterocycles. The van der Waals surface area contributed by atoms with Crippen molar-refractivity contribution in [1.82, 2.24) is 0 Å². The zero-order valence-electron chi connectivity index (χ0n) is 10.4. The van der Waals surface area contributed by atoms with E-state index in [1.54, 1.807) is 4.74 Å². The number of ether oxygens (including phenoxy) is 1. The summed E-state index contributed by atoms with van der Waals surface area (Å²) in [6, 6.07) is 0. The van der Waals surface area contributed by atoms with E-state index in [-0.39, 0.29) is 20.3 Å². The zero-order chi connectivity index (χ0) is 16.8. The van der Waals surface area contributed by atoms with E-state index in [1.165, 1.54) is 0 Å². The molecule has 1 atom stereocenters. The van der Waals surface area contributed by atoms with Gasteiger partial charge in [-0.25, -0.2) is 4.79 Å². The van der Waals surface area contributed by atoms with Gasteiger partial charge < -0.3 is 6.53 Å². The van der Waals surface area contributed by atoms with E-state index in [2.05, 4.69) is 0 Å². The Morgan fingerprint density at radius 1 is 0.810 bits per heavy atom. The van der Waals surface area contributed by atoms with Gasteiger partial charge in [0.05, 0.1) is 0 Å². The first-order chi connectivity index (χ1) is 8.40. The third kappa shape index (κ3) is 3.92. The van der Waals surface area contributed by atoms with Crippen molar-refractivity contribution < 1.29 is 83.2 Å². The minimum absolute atomic E-state index is 0. The van der Waals surface area contributed by atoms with Crippen molar-refractivity contribution in [2.75, 3.05) is 0 Å². The number of halogens is 11. The molecule has 0 fully saturated rings. The molecule has 0 radical (unpaired) electrons. The van der Waals surface area contributed by atoms with E-state index in [0.29, 0.717) is 0 Å². The van der Waals surface area contributed by atoms with Crippen molar-refractivity contribution >= 4 is 5.97 Å². The second-order valence-corrected chi connectivity index (χ2v) is 3.09. The van der Waals surface area contributed by atoms with Crippen LogP contribution in [0, 0.1) is 0 Å². The van der Waals surface area contributed by atoms with E-state index >= 15 is 0 Å². The maximum atomic E-state index is 12.7. The Labute approximate surface area is 120 Å². The molecule has 0 aliphatic rings. The topological polar surface area (TPSA) is 46.5 Å². The molecule has 0 spiro atoms.